The summed E-state index contributed by atoms with van der Waals surface area (Å²) in [6.07, 6.45) is 2.50. The fourth-order valence-corrected chi connectivity index (χ4v) is 4.41. The van der Waals surface area contributed by atoms with Crippen molar-refractivity contribution in [3.05, 3.63) is 75.4 Å². The monoisotopic (exact) mass is 383 g/mol. The molecule has 26 heavy (non-hydrogen) atoms. The average Bonchev–Trinajstić information content (AvgIpc) is 3.27. The third-order valence-electron chi connectivity index (χ3n) is 4.02. The molecule has 8 heteroatoms. The van der Waals surface area contributed by atoms with Gasteiger partial charge in [0.1, 0.15) is 5.82 Å². The minimum atomic E-state index is -0.0476. The van der Waals surface area contributed by atoms with Gasteiger partial charge in [-0.2, -0.15) is 0 Å². The zero-order valence-electron chi connectivity index (χ0n) is 14.2. The number of thiazole rings is 1. The number of hydrogen-bond acceptors (Lipinski definition) is 6. The molecule has 0 saturated carbocycles. The van der Waals surface area contributed by atoms with Gasteiger partial charge in [-0.3, -0.25) is 9.20 Å². The smallest absolute Gasteiger partial charge is 0.258 e. The van der Waals surface area contributed by atoms with Crippen LogP contribution in [0.2, 0.25) is 0 Å². The van der Waals surface area contributed by atoms with Crippen molar-refractivity contribution in [1.82, 2.24) is 24.1 Å². The molecule has 0 aliphatic rings. The van der Waals surface area contributed by atoms with E-state index in [4.69, 9.17) is 0 Å². The van der Waals surface area contributed by atoms with Gasteiger partial charge >= 0.3 is 0 Å². The summed E-state index contributed by atoms with van der Waals surface area (Å²) in [5.41, 5.74) is 1.93. The Morgan fingerprint density at radius 1 is 1.19 bits per heavy atom. The highest BCUT2D eigenvalue weighted by Gasteiger charge is 2.13. The van der Waals surface area contributed by atoms with Crippen LogP contribution in [-0.2, 0) is 18.7 Å². The summed E-state index contributed by atoms with van der Waals surface area (Å²) in [6.45, 7) is 2.89. The van der Waals surface area contributed by atoms with Crippen molar-refractivity contribution in [3.8, 4) is 0 Å². The predicted octanol–water partition coefficient (Wildman–Crippen LogP) is 3.25. The van der Waals surface area contributed by atoms with Gasteiger partial charge in [0, 0.05) is 36.4 Å². The van der Waals surface area contributed by atoms with Crippen molar-refractivity contribution in [2.24, 2.45) is 0 Å². The van der Waals surface area contributed by atoms with Crippen LogP contribution in [0.5, 0.6) is 0 Å². The van der Waals surface area contributed by atoms with Gasteiger partial charge in [0.2, 0.25) is 0 Å². The van der Waals surface area contributed by atoms with E-state index in [0.29, 0.717) is 5.75 Å². The van der Waals surface area contributed by atoms with Crippen molar-refractivity contribution in [2.45, 2.75) is 30.8 Å². The molecule has 0 bridgehead atoms. The number of hydrogen-bond donors (Lipinski definition) is 0. The standard InChI is InChI=1S/C18H17N5OS2/c1-2-22-15(10-13-6-4-3-5-7-13)20-21-18(22)26-12-14-11-16(24)23-8-9-25-17(23)19-14/h3-9,11H,2,10,12H2,1H3. The number of rotatable bonds is 6. The van der Waals surface area contributed by atoms with Crippen molar-refractivity contribution in [3.63, 3.8) is 0 Å². The predicted molar refractivity (Wildman–Crippen MR) is 104 cm³/mol. The maximum Gasteiger partial charge on any atom is 0.258 e. The van der Waals surface area contributed by atoms with Crippen LogP contribution in [0.1, 0.15) is 24.0 Å². The number of aromatic nitrogens is 5. The second-order valence-electron chi connectivity index (χ2n) is 5.74. The molecule has 0 spiro atoms. The van der Waals surface area contributed by atoms with E-state index in [1.165, 1.54) is 16.9 Å². The zero-order valence-corrected chi connectivity index (χ0v) is 15.8. The molecule has 0 atom stereocenters. The molecule has 0 unspecified atom stereocenters. The summed E-state index contributed by atoms with van der Waals surface area (Å²) in [5, 5.41) is 11.4. The van der Waals surface area contributed by atoms with Crippen LogP contribution < -0.4 is 5.56 Å². The molecule has 132 valence electrons. The summed E-state index contributed by atoms with van der Waals surface area (Å²) in [6, 6.07) is 11.8. The van der Waals surface area contributed by atoms with Crippen LogP contribution in [0.3, 0.4) is 0 Å². The zero-order chi connectivity index (χ0) is 17.9. The Balaban J connectivity index is 1.53. The molecule has 3 heterocycles. The second-order valence-corrected chi connectivity index (χ2v) is 7.55. The first kappa shape index (κ1) is 17.0. The highest BCUT2D eigenvalue weighted by Crippen LogP contribution is 2.22. The van der Waals surface area contributed by atoms with Crippen molar-refractivity contribution < 1.29 is 0 Å². The lowest BCUT2D eigenvalue weighted by molar-refractivity contribution is 0.651. The molecule has 1 aromatic carbocycles. The maximum atomic E-state index is 12.1. The molecule has 0 aliphatic heterocycles. The highest BCUT2D eigenvalue weighted by atomic mass is 32.2. The normalized spacial score (nSPS) is 11.3. The van der Waals surface area contributed by atoms with E-state index >= 15 is 0 Å². The molecular formula is C18H17N5OS2. The fourth-order valence-electron chi connectivity index (χ4n) is 2.75. The third-order valence-corrected chi connectivity index (χ3v) is 5.78. The van der Waals surface area contributed by atoms with Gasteiger partial charge in [0.05, 0.1) is 5.69 Å². The number of nitrogens with zero attached hydrogens (tertiary/aromatic N) is 5. The SMILES string of the molecule is CCn1c(Cc2ccccc2)nnc1SCc1cc(=O)n2ccsc2n1. The minimum absolute atomic E-state index is 0.0476. The van der Waals surface area contributed by atoms with Gasteiger partial charge in [-0.1, -0.05) is 42.1 Å². The Morgan fingerprint density at radius 2 is 2.04 bits per heavy atom. The second kappa shape index (κ2) is 7.43. The molecule has 0 amide bonds. The summed E-state index contributed by atoms with van der Waals surface area (Å²) < 4.78 is 3.68. The van der Waals surface area contributed by atoms with Crippen LogP contribution in [0.15, 0.2) is 57.9 Å². The lowest BCUT2D eigenvalue weighted by Gasteiger charge is -2.07. The Hall–Kier alpha value is -2.45. The maximum absolute atomic E-state index is 12.1. The summed E-state index contributed by atoms with van der Waals surface area (Å²) >= 11 is 3.02. The topological polar surface area (TPSA) is 65.1 Å². The van der Waals surface area contributed by atoms with Gasteiger partial charge in [0.25, 0.3) is 5.56 Å². The molecular weight excluding hydrogens is 366 g/mol. The lowest BCUT2D eigenvalue weighted by atomic mass is 10.1. The van der Waals surface area contributed by atoms with E-state index in [2.05, 4.69) is 38.8 Å². The van der Waals surface area contributed by atoms with Crippen molar-refractivity contribution in [2.75, 3.05) is 0 Å². The van der Waals surface area contributed by atoms with Crippen LogP contribution in [-0.4, -0.2) is 24.1 Å². The van der Waals surface area contributed by atoms with E-state index in [9.17, 15) is 4.79 Å². The number of thioether (sulfide) groups is 1. The molecule has 0 N–H and O–H groups in total. The summed E-state index contributed by atoms with van der Waals surface area (Å²) in [4.78, 5) is 17.4. The van der Waals surface area contributed by atoms with Gasteiger partial charge in [0.15, 0.2) is 10.1 Å². The van der Waals surface area contributed by atoms with Crippen molar-refractivity contribution in [1.29, 1.82) is 0 Å². The van der Waals surface area contributed by atoms with Gasteiger partial charge < -0.3 is 4.57 Å². The van der Waals surface area contributed by atoms with E-state index in [0.717, 1.165) is 34.6 Å². The molecule has 0 radical (unpaired) electrons. The lowest BCUT2D eigenvalue weighted by Crippen LogP contribution is -2.12. The van der Waals surface area contributed by atoms with Crippen LogP contribution in [0.4, 0.5) is 0 Å². The Kier molecular flexibility index (Phi) is 4.85. The Bertz CT molecular complexity index is 1080. The highest BCUT2D eigenvalue weighted by molar-refractivity contribution is 7.98. The first-order valence-corrected chi connectivity index (χ1v) is 10.2. The van der Waals surface area contributed by atoms with Crippen LogP contribution in [0, 0.1) is 0 Å². The van der Waals surface area contributed by atoms with Crippen LogP contribution in [0.25, 0.3) is 4.96 Å². The van der Waals surface area contributed by atoms with Gasteiger partial charge in [-0.05, 0) is 12.5 Å². The summed E-state index contributed by atoms with van der Waals surface area (Å²) in [5.74, 6) is 1.54. The largest absolute Gasteiger partial charge is 0.306 e. The fraction of sp³-hybridized carbons (Fsp3) is 0.222. The molecule has 0 aliphatic carbocycles. The Morgan fingerprint density at radius 3 is 2.85 bits per heavy atom. The molecule has 6 nitrogen and oxygen atoms in total. The number of benzene rings is 1. The molecule has 4 rings (SSSR count). The minimum Gasteiger partial charge on any atom is -0.306 e. The third kappa shape index (κ3) is 3.42. The molecule has 0 fully saturated rings. The van der Waals surface area contributed by atoms with Crippen LogP contribution >= 0.6 is 23.1 Å². The average molecular weight is 384 g/mol. The van der Waals surface area contributed by atoms with E-state index in [1.54, 1.807) is 28.4 Å². The van der Waals surface area contributed by atoms with E-state index < -0.39 is 0 Å². The quantitative estimate of drug-likeness (QED) is 0.478. The van der Waals surface area contributed by atoms with E-state index in [1.807, 2.05) is 23.6 Å². The molecule has 0 saturated heterocycles. The molecule has 3 aromatic heterocycles. The number of fused-ring (bicyclic) bond motifs is 1. The first-order valence-electron chi connectivity index (χ1n) is 8.29. The molecule has 4 aromatic rings. The first-order chi connectivity index (χ1) is 12.7. The summed E-state index contributed by atoms with van der Waals surface area (Å²) in [7, 11) is 0. The Labute approximate surface area is 158 Å². The van der Waals surface area contributed by atoms with Gasteiger partial charge in [-0.25, -0.2) is 4.98 Å². The van der Waals surface area contributed by atoms with Gasteiger partial charge in [-0.15, -0.1) is 21.5 Å². The van der Waals surface area contributed by atoms with Crippen molar-refractivity contribution >= 4 is 28.1 Å². The van der Waals surface area contributed by atoms with E-state index in [-0.39, 0.29) is 5.56 Å².